The molecular formula is C29H19N5S2. The average Bonchev–Trinajstić information content (AvgIpc) is 3.60. The molecule has 0 saturated carbocycles. The van der Waals surface area contributed by atoms with Crippen LogP contribution in [0.2, 0.25) is 0 Å². The molecule has 4 rings (SSSR count). The minimum absolute atomic E-state index is 0.0781. The van der Waals surface area contributed by atoms with Crippen LogP contribution in [0.1, 0.15) is 23.1 Å². The molecule has 36 heavy (non-hydrogen) atoms. The molecule has 0 amide bonds. The molecule has 3 heterocycles. The Labute approximate surface area is 217 Å². The summed E-state index contributed by atoms with van der Waals surface area (Å²) in [7, 11) is 0. The fraction of sp³-hybridized carbons (Fsp3) is 0.103. The molecule has 5 nitrogen and oxygen atoms in total. The van der Waals surface area contributed by atoms with Gasteiger partial charge in [-0.25, -0.2) is 0 Å². The number of nitriles is 4. The summed E-state index contributed by atoms with van der Waals surface area (Å²) >= 11 is 3.36. The Morgan fingerprint density at radius 2 is 1.47 bits per heavy atom. The topological polar surface area (TPSA) is 100 Å². The first-order chi connectivity index (χ1) is 17.6. The monoisotopic (exact) mass is 501 g/mol. The zero-order valence-electron chi connectivity index (χ0n) is 19.4. The van der Waals surface area contributed by atoms with Crippen LogP contribution in [0.3, 0.4) is 0 Å². The summed E-state index contributed by atoms with van der Waals surface area (Å²) in [6.07, 6.45) is 11.4. The molecule has 0 aliphatic carbocycles. The smallest absolute Gasteiger partial charge is 0.129 e. The van der Waals surface area contributed by atoms with E-state index in [1.165, 1.54) is 33.3 Å². The molecule has 0 fully saturated rings. The second-order valence-electron chi connectivity index (χ2n) is 7.77. The highest BCUT2D eigenvalue weighted by atomic mass is 32.1. The number of rotatable bonds is 7. The predicted octanol–water partition coefficient (Wildman–Crippen LogP) is 7.97. The van der Waals surface area contributed by atoms with Crippen molar-refractivity contribution in [1.29, 1.82) is 21.0 Å². The lowest BCUT2D eigenvalue weighted by atomic mass is 10.1. The maximum absolute atomic E-state index is 8.90. The second kappa shape index (κ2) is 11.2. The van der Waals surface area contributed by atoms with Gasteiger partial charge in [-0.3, -0.25) is 0 Å². The first kappa shape index (κ1) is 24.5. The summed E-state index contributed by atoms with van der Waals surface area (Å²) in [5.41, 5.74) is 3.69. The first-order valence-electron chi connectivity index (χ1n) is 11.1. The summed E-state index contributed by atoms with van der Waals surface area (Å²) in [5.74, 6) is 0. The Morgan fingerprint density at radius 3 is 2.11 bits per heavy atom. The van der Waals surface area contributed by atoms with Gasteiger partial charge in [0.1, 0.15) is 35.4 Å². The van der Waals surface area contributed by atoms with Crippen LogP contribution in [-0.2, 0) is 6.54 Å². The van der Waals surface area contributed by atoms with Gasteiger partial charge in [0.05, 0.1) is 15.7 Å². The van der Waals surface area contributed by atoms with Gasteiger partial charge in [0.25, 0.3) is 0 Å². The minimum atomic E-state index is 0.0781. The van der Waals surface area contributed by atoms with E-state index in [9.17, 15) is 0 Å². The van der Waals surface area contributed by atoms with Gasteiger partial charge >= 0.3 is 0 Å². The zero-order valence-corrected chi connectivity index (χ0v) is 21.0. The van der Waals surface area contributed by atoms with E-state index in [0.29, 0.717) is 0 Å². The fourth-order valence-corrected chi connectivity index (χ4v) is 5.87. The molecule has 0 N–H and O–H groups in total. The molecule has 0 unspecified atom stereocenters. The van der Waals surface area contributed by atoms with Gasteiger partial charge in [0.15, 0.2) is 0 Å². The van der Waals surface area contributed by atoms with Crippen LogP contribution >= 0.6 is 22.7 Å². The maximum atomic E-state index is 8.90. The molecule has 0 spiro atoms. The molecular weight excluding hydrogens is 482 g/mol. The Hall–Kier alpha value is -4.66. The van der Waals surface area contributed by atoms with Crippen molar-refractivity contribution in [2.45, 2.75) is 19.9 Å². The lowest BCUT2D eigenvalue weighted by Gasteiger charge is -2.06. The average molecular weight is 502 g/mol. The molecule has 172 valence electrons. The van der Waals surface area contributed by atoms with Crippen LogP contribution in [0.5, 0.6) is 0 Å². The van der Waals surface area contributed by atoms with Crippen LogP contribution in [0.25, 0.3) is 43.7 Å². The normalized spacial score (nSPS) is 10.8. The molecule has 7 heteroatoms. The number of benzene rings is 1. The largest absolute Gasteiger partial charge is 0.340 e. The van der Waals surface area contributed by atoms with E-state index >= 15 is 0 Å². The molecule has 0 aliphatic rings. The van der Waals surface area contributed by atoms with Crippen LogP contribution in [0, 0.1) is 45.3 Å². The number of thiophene rings is 2. The van der Waals surface area contributed by atoms with Gasteiger partial charge in [-0.1, -0.05) is 31.2 Å². The Bertz CT molecular complexity index is 1710. The molecule has 0 atom stereocenters. The van der Waals surface area contributed by atoms with Crippen molar-refractivity contribution in [3.63, 3.8) is 0 Å². The van der Waals surface area contributed by atoms with E-state index in [4.69, 9.17) is 21.0 Å². The zero-order chi connectivity index (χ0) is 25.5. The van der Waals surface area contributed by atoms with Crippen LogP contribution in [0.15, 0.2) is 71.8 Å². The highest BCUT2D eigenvalue weighted by Crippen LogP contribution is 2.39. The summed E-state index contributed by atoms with van der Waals surface area (Å²) < 4.78 is 3.58. The number of aromatic nitrogens is 1. The van der Waals surface area contributed by atoms with Crippen molar-refractivity contribution >= 4 is 55.9 Å². The molecule has 0 bridgehead atoms. The third-order valence-electron chi connectivity index (χ3n) is 5.44. The lowest BCUT2D eigenvalue weighted by Crippen LogP contribution is -1.95. The molecule has 4 aromatic rings. The van der Waals surface area contributed by atoms with Gasteiger partial charge in [-0.2, -0.15) is 21.0 Å². The van der Waals surface area contributed by atoms with Crippen LogP contribution in [0.4, 0.5) is 0 Å². The summed E-state index contributed by atoms with van der Waals surface area (Å²) in [6.45, 7) is 3.07. The van der Waals surface area contributed by atoms with Crippen molar-refractivity contribution in [3.05, 3.63) is 81.6 Å². The predicted molar refractivity (Wildman–Crippen MR) is 148 cm³/mol. The van der Waals surface area contributed by atoms with Gasteiger partial charge in [-0.15, -0.1) is 22.7 Å². The van der Waals surface area contributed by atoms with Crippen molar-refractivity contribution in [1.82, 2.24) is 4.57 Å². The number of fused-ring (bicyclic) bond motifs is 3. The van der Waals surface area contributed by atoms with E-state index in [-0.39, 0.29) is 11.1 Å². The number of aryl methyl sites for hydroxylation is 1. The standard InChI is InChI=1S/C29H19N5S2/c1-2-13-34-26-14-22(28-12-10-23(35-28)7-3-5-20(16-30)17-31)9-11-25(26)29-27(34)15-24(36-29)8-4-6-21(18-32)19-33/h3-12,14-15H,2,13H2,1H3/b7-3+,8-4+. The SMILES string of the molecule is CCCn1c2cc(-c3ccc(/C=C/C=C(C#N)C#N)s3)ccc2c2sc(/C=C/C=C(C#N)C#N)cc21. The lowest BCUT2D eigenvalue weighted by molar-refractivity contribution is 0.724. The van der Waals surface area contributed by atoms with Crippen LogP contribution in [-0.4, -0.2) is 4.57 Å². The van der Waals surface area contributed by atoms with Gasteiger partial charge < -0.3 is 4.57 Å². The van der Waals surface area contributed by atoms with E-state index < -0.39 is 0 Å². The highest BCUT2D eigenvalue weighted by Gasteiger charge is 2.14. The number of hydrogen-bond acceptors (Lipinski definition) is 6. The molecule has 1 aromatic carbocycles. The van der Waals surface area contributed by atoms with Crippen LogP contribution < -0.4 is 0 Å². The van der Waals surface area contributed by atoms with Crippen molar-refractivity contribution in [2.75, 3.05) is 0 Å². The number of nitrogens with zero attached hydrogens (tertiary/aromatic N) is 5. The second-order valence-corrected chi connectivity index (χ2v) is 9.97. The van der Waals surface area contributed by atoms with E-state index in [1.807, 2.05) is 42.5 Å². The number of hydrogen-bond donors (Lipinski definition) is 0. The molecule has 0 radical (unpaired) electrons. The Kier molecular flexibility index (Phi) is 7.60. The number of allylic oxidation sites excluding steroid dienone is 6. The highest BCUT2D eigenvalue weighted by molar-refractivity contribution is 7.20. The minimum Gasteiger partial charge on any atom is -0.340 e. The first-order valence-corrected chi connectivity index (χ1v) is 12.8. The van der Waals surface area contributed by atoms with E-state index in [0.717, 1.165) is 33.2 Å². The quantitative estimate of drug-likeness (QED) is 0.189. The summed E-state index contributed by atoms with van der Waals surface area (Å²) in [6, 6.07) is 20.3. The van der Waals surface area contributed by atoms with E-state index in [1.54, 1.807) is 34.8 Å². The van der Waals surface area contributed by atoms with Gasteiger partial charge in [0.2, 0.25) is 0 Å². The van der Waals surface area contributed by atoms with Crippen molar-refractivity contribution in [3.8, 4) is 34.7 Å². The van der Waals surface area contributed by atoms with Crippen molar-refractivity contribution < 1.29 is 0 Å². The Morgan fingerprint density at radius 1 is 0.806 bits per heavy atom. The van der Waals surface area contributed by atoms with Gasteiger partial charge in [-0.05, 0) is 60.6 Å². The van der Waals surface area contributed by atoms with Crippen molar-refractivity contribution in [2.24, 2.45) is 0 Å². The Balaban J connectivity index is 1.69. The summed E-state index contributed by atoms with van der Waals surface area (Å²) in [5, 5.41) is 36.7. The third kappa shape index (κ3) is 5.05. The third-order valence-corrected chi connectivity index (χ3v) is 7.66. The molecule has 0 aliphatic heterocycles. The summed E-state index contributed by atoms with van der Waals surface area (Å²) in [4.78, 5) is 3.26. The van der Waals surface area contributed by atoms with E-state index in [2.05, 4.69) is 41.8 Å². The maximum Gasteiger partial charge on any atom is 0.129 e. The molecule has 3 aromatic heterocycles. The van der Waals surface area contributed by atoms with Gasteiger partial charge in [0, 0.05) is 26.6 Å². The molecule has 0 saturated heterocycles. The fourth-order valence-electron chi connectivity index (χ4n) is 3.84.